The summed E-state index contributed by atoms with van der Waals surface area (Å²) in [5.74, 6) is 0.0513. The predicted octanol–water partition coefficient (Wildman–Crippen LogP) is 4.04. The molecular formula is C20H19N3. The van der Waals surface area contributed by atoms with Crippen LogP contribution in [0.25, 0.3) is 0 Å². The van der Waals surface area contributed by atoms with E-state index in [1.807, 2.05) is 12.2 Å². The molecule has 1 spiro atoms. The van der Waals surface area contributed by atoms with E-state index in [9.17, 15) is 15.8 Å². The third-order valence-corrected chi connectivity index (χ3v) is 6.99. The maximum atomic E-state index is 10.1. The Bertz CT molecular complexity index is 838. The van der Waals surface area contributed by atoms with Crippen LogP contribution in [0.3, 0.4) is 0 Å². The van der Waals surface area contributed by atoms with E-state index in [0.717, 1.165) is 12.0 Å². The summed E-state index contributed by atoms with van der Waals surface area (Å²) in [6.45, 7) is 6.43. The molecule has 0 bridgehead atoms. The lowest BCUT2D eigenvalue weighted by Gasteiger charge is -2.63. The molecule has 0 amide bonds. The molecule has 0 heterocycles. The average Bonchev–Trinajstić information content (AvgIpc) is 2.76. The summed E-state index contributed by atoms with van der Waals surface area (Å²) in [5.41, 5.74) is 0.185. The zero-order valence-corrected chi connectivity index (χ0v) is 13.7. The Morgan fingerprint density at radius 2 is 1.83 bits per heavy atom. The molecule has 0 aromatic rings. The Morgan fingerprint density at radius 3 is 2.43 bits per heavy atom. The molecule has 4 rings (SSSR count). The highest BCUT2D eigenvalue weighted by molar-refractivity contribution is 5.62. The Balaban J connectivity index is 2.12. The van der Waals surface area contributed by atoms with Gasteiger partial charge in [0.15, 0.2) is 0 Å². The summed E-state index contributed by atoms with van der Waals surface area (Å²) >= 11 is 0. The summed E-state index contributed by atoms with van der Waals surface area (Å²) in [4.78, 5) is 0. The molecule has 0 saturated heterocycles. The van der Waals surface area contributed by atoms with E-state index in [-0.39, 0.29) is 17.3 Å². The average molecular weight is 301 g/mol. The lowest BCUT2D eigenvalue weighted by molar-refractivity contribution is 0.00830. The third-order valence-electron chi connectivity index (χ3n) is 6.99. The highest BCUT2D eigenvalue weighted by Crippen LogP contribution is 2.77. The highest BCUT2D eigenvalue weighted by atomic mass is 14.7. The van der Waals surface area contributed by atoms with Crippen LogP contribution in [0.2, 0.25) is 0 Å². The molecule has 114 valence electrons. The second-order valence-electron chi connectivity index (χ2n) is 8.20. The first-order valence-corrected chi connectivity index (χ1v) is 8.20. The molecule has 4 aliphatic rings. The lowest BCUT2D eigenvalue weighted by atomic mass is 9.35. The van der Waals surface area contributed by atoms with Gasteiger partial charge in [0.25, 0.3) is 0 Å². The van der Waals surface area contributed by atoms with Crippen molar-refractivity contribution in [3.8, 4) is 18.2 Å². The molecule has 0 aromatic heterocycles. The molecule has 1 fully saturated rings. The van der Waals surface area contributed by atoms with Crippen molar-refractivity contribution in [3.63, 3.8) is 0 Å². The van der Waals surface area contributed by atoms with Crippen LogP contribution >= 0.6 is 0 Å². The summed E-state index contributed by atoms with van der Waals surface area (Å²) in [5, 5.41) is 29.7. The number of hydrogen-bond acceptors (Lipinski definition) is 3. The van der Waals surface area contributed by atoms with E-state index >= 15 is 0 Å². The first kappa shape index (κ1) is 14.3. The van der Waals surface area contributed by atoms with E-state index in [2.05, 4.69) is 51.1 Å². The quantitative estimate of drug-likeness (QED) is 0.634. The SMILES string of the molecule is C[C@@H]1C=C[C@@]23C4=C1CC(C)(C)[C@@]4(C#N)C=C[C@]2(C#N)CC3C#N. The van der Waals surface area contributed by atoms with Gasteiger partial charge >= 0.3 is 0 Å². The molecule has 5 atom stereocenters. The van der Waals surface area contributed by atoms with Crippen molar-refractivity contribution >= 4 is 0 Å². The van der Waals surface area contributed by atoms with E-state index in [4.69, 9.17) is 0 Å². The summed E-state index contributed by atoms with van der Waals surface area (Å²) < 4.78 is 0. The fourth-order valence-corrected chi connectivity index (χ4v) is 5.62. The van der Waals surface area contributed by atoms with Crippen LogP contribution in [0, 0.1) is 67.5 Å². The van der Waals surface area contributed by atoms with Crippen molar-refractivity contribution in [3.05, 3.63) is 35.5 Å². The first-order valence-electron chi connectivity index (χ1n) is 8.20. The van der Waals surface area contributed by atoms with Gasteiger partial charge in [0.1, 0.15) is 5.41 Å². The van der Waals surface area contributed by atoms with Gasteiger partial charge in [0, 0.05) is 5.41 Å². The zero-order chi connectivity index (χ0) is 16.7. The fraction of sp³-hybridized carbons (Fsp3) is 0.550. The Kier molecular flexibility index (Phi) is 2.35. The largest absolute Gasteiger partial charge is 0.198 e. The molecule has 0 aliphatic heterocycles. The molecule has 4 aliphatic carbocycles. The van der Waals surface area contributed by atoms with E-state index < -0.39 is 16.2 Å². The molecule has 23 heavy (non-hydrogen) atoms. The number of rotatable bonds is 0. The van der Waals surface area contributed by atoms with Crippen LogP contribution in [0.5, 0.6) is 0 Å². The van der Waals surface area contributed by atoms with Crippen LogP contribution in [0.15, 0.2) is 35.5 Å². The zero-order valence-electron chi connectivity index (χ0n) is 13.7. The summed E-state index contributed by atoms with van der Waals surface area (Å²) in [7, 11) is 0. The number of nitriles is 3. The van der Waals surface area contributed by atoms with Gasteiger partial charge in [-0.3, -0.25) is 0 Å². The molecule has 0 aromatic carbocycles. The Hall–Kier alpha value is -2.31. The minimum Gasteiger partial charge on any atom is -0.198 e. The second-order valence-corrected chi connectivity index (χ2v) is 8.20. The topological polar surface area (TPSA) is 71.4 Å². The van der Waals surface area contributed by atoms with Gasteiger partial charge in [-0.05, 0) is 29.7 Å². The van der Waals surface area contributed by atoms with Crippen molar-refractivity contribution in [2.45, 2.75) is 33.6 Å². The monoisotopic (exact) mass is 301 g/mol. The van der Waals surface area contributed by atoms with Gasteiger partial charge in [-0.1, -0.05) is 50.6 Å². The standard InChI is InChI=1S/C20H19N3/c1-13-4-5-20-14(10-21)8-18(20,11-22)6-7-19(12-23)16(20)15(13)9-17(19,2)3/h4-7,13-14H,8-9H2,1-3H3/t13-,14?,18-,19-,20-/m1/s1. The third kappa shape index (κ3) is 1.17. The van der Waals surface area contributed by atoms with Gasteiger partial charge < -0.3 is 0 Å². The van der Waals surface area contributed by atoms with Gasteiger partial charge in [-0.2, -0.15) is 15.8 Å². The summed E-state index contributed by atoms with van der Waals surface area (Å²) in [6.07, 6.45) is 9.58. The second kappa shape index (κ2) is 3.77. The Morgan fingerprint density at radius 1 is 1.09 bits per heavy atom. The van der Waals surface area contributed by atoms with Crippen molar-refractivity contribution in [1.29, 1.82) is 15.8 Å². The maximum Gasteiger partial charge on any atom is 0.103 e. The highest BCUT2D eigenvalue weighted by Gasteiger charge is 2.75. The smallest absolute Gasteiger partial charge is 0.103 e. The predicted molar refractivity (Wildman–Crippen MR) is 85.1 cm³/mol. The summed E-state index contributed by atoms with van der Waals surface area (Å²) in [6, 6.07) is 7.50. The van der Waals surface area contributed by atoms with Crippen molar-refractivity contribution < 1.29 is 0 Å². The Labute approximate surface area is 137 Å². The van der Waals surface area contributed by atoms with Crippen molar-refractivity contribution in [2.75, 3.05) is 0 Å². The molecule has 3 nitrogen and oxygen atoms in total. The van der Waals surface area contributed by atoms with Gasteiger partial charge in [0.05, 0.1) is 29.5 Å². The van der Waals surface area contributed by atoms with Gasteiger partial charge in [-0.25, -0.2) is 0 Å². The molecule has 1 saturated carbocycles. The van der Waals surface area contributed by atoms with E-state index in [1.54, 1.807) is 0 Å². The lowest BCUT2D eigenvalue weighted by Crippen LogP contribution is -2.62. The minimum absolute atomic E-state index is 0.215. The molecule has 1 unspecified atom stereocenters. The van der Waals surface area contributed by atoms with Crippen LogP contribution in [-0.2, 0) is 0 Å². The van der Waals surface area contributed by atoms with Crippen LogP contribution in [-0.4, -0.2) is 0 Å². The first-order chi connectivity index (χ1) is 10.8. The fourth-order valence-electron chi connectivity index (χ4n) is 5.62. The van der Waals surface area contributed by atoms with Crippen LogP contribution < -0.4 is 0 Å². The number of hydrogen-bond donors (Lipinski definition) is 0. The van der Waals surface area contributed by atoms with Crippen LogP contribution in [0.1, 0.15) is 33.6 Å². The molecule has 3 heteroatoms. The van der Waals surface area contributed by atoms with Gasteiger partial charge in [0.2, 0.25) is 0 Å². The number of allylic oxidation sites excluding steroid dienone is 6. The van der Waals surface area contributed by atoms with E-state index in [1.165, 1.54) is 5.57 Å². The van der Waals surface area contributed by atoms with Gasteiger partial charge in [-0.15, -0.1) is 0 Å². The number of nitrogens with zero attached hydrogens (tertiary/aromatic N) is 3. The minimum atomic E-state index is -0.697. The molecule has 0 N–H and O–H groups in total. The van der Waals surface area contributed by atoms with Crippen molar-refractivity contribution in [1.82, 2.24) is 0 Å². The normalized spacial score (nSPS) is 47.7. The molecule has 0 radical (unpaired) electrons. The van der Waals surface area contributed by atoms with Crippen LogP contribution in [0.4, 0.5) is 0 Å². The molecular weight excluding hydrogens is 282 g/mol. The maximum absolute atomic E-state index is 10.1. The van der Waals surface area contributed by atoms with E-state index in [0.29, 0.717) is 6.42 Å². The van der Waals surface area contributed by atoms with Crippen molar-refractivity contribution in [2.24, 2.45) is 33.5 Å².